The Morgan fingerprint density at radius 3 is 2.76 bits per heavy atom. The lowest BCUT2D eigenvalue weighted by Gasteiger charge is -2.11. The predicted octanol–water partition coefficient (Wildman–Crippen LogP) is 2.91. The number of urea groups is 1. The number of nitrogens with one attached hydrogen (secondary N) is 2. The molecule has 0 bridgehead atoms. The van der Waals surface area contributed by atoms with Crippen molar-refractivity contribution in [1.29, 1.82) is 0 Å². The van der Waals surface area contributed by atoms with Crippen LogP contribution in [0.3, 0.4) is 0 Å². The van der Waals surface area contributed by atoms with Gasteiger partial charge in [-0.1, -0.05) is 42.8 Å². The van der Waals surface area contributed by atoms with Crippen LogP contribution in [0.2, 0.25) is 0 Å². The van der Waals surface area contributed by atoms with Crippen molar-refractivity contribution >= 4 is 23.7 Å². The maximum absolute atomic E-state index is 11.8. The zero-order valence-electron chi connectivity index (χ0n) is 13.9. The molecule has 3 rings (SSSR count). The fourth-order valence-electron chi connectivity index (χ4n) is 2.77. The molecular formula is C17H20N4O3S. The number of aryl methyl sites for hydroxylation is 1. The monoisotopic (exact) mass is 360 g/mol. The van der Waals surface area contributed by atoms with Gasteiger partial charge in [0.15, 0.2) is 0 Å². The van der Waals surface area contributed by atoms with Gasteiger partial charge in [0.05, 0.1) is 5.75 Å². The molecule has 2 N–H and O–H groups in total. The van der Waals surface area contributed by atoms with E-state index in [1.807, 2.05) is 31.2 Å². The molecule has 0 spiro atoms. The molecule has 0 radical (unpaired) electrons. The molecule has 3 amide bonds. The van der Waals surface area contributed by atoms with E-state index in [1.165, 1.54) is 0 Å². The number of carbonyl (C=O) groups excluding carboxylic acids is 2. The molecule has 1 aromatic carbocycles. The van der Waals surface area contributed by atoms with E-state index >= 15 is 0 Å². The highest BCUT2D eigenvalue weighted by atomic mass is 32.2. The van der Waals surface area contributed by atoms with Crippen LogP contribution in [0.4, 0.5) is 4.79 Å². The topological polar surface area (TPSA) is 97.1 Å². The van der Waals surface area contributed by atoms with Crippen LogP contribution in [0.25, 0.3) is 11.5 Å². The van der Waals surface area contributed by atoms with Gasteiger partial charge in [0.2, 0.25) is 11.8 Å². The van der Waals surface area contributed by atoms with Crippen LogP contribution < -0.4 is 10.6 Å². The Morgan fingerprint density at radius 2 is 2.00 bits per heavy atom. The van der Waals surface area contributed by atoms with Gasteiger partial charge in [-0.2, -0.15) is 0 Å². The highest BCUT2D eigenvalue weighted by molar-refractivity contribution is 7.99. The van der Waals surface area contributed by atoms with Crippen LogP contribution in [0, 0.1) is 6.92 Å². The first-order chi connectivity index (χ1) is 12.1. The second-order valence-corrected chi connectivity index (χ2v) is 6.91. The molecule has 1 aliphatic rings. The van der Waals surface area contributed by atoms with E-state index in [0.29, 0.717) is 11.1 Å². The van der Waals surface area contributed by atoms with E-state index in [4.69, 9.17) is 4.42 Å². The normalized spacial score (nSPS) is 14.4. The zero-order valence-corrected chi connectivity index (χ0v) is 14.8. The summed E-state index contributed by atoms with van der Waals surface area (Å²) in [5.74, 6) is 0.0594. The number of rotatable bonds is 5. The van der Waals surface area contributed by atoms with Gasteiger partial charge in [-0.05, 0) is 31.4 Å². The number of aromatic nitrogens is 2. The number of benzene rings is 1. The number of thioether (sulfide) groups is 1. The Hall–Kier alpha value is -2.35. The minimum atomic E-state index is -0.441. The highest BCUT2D eigenvalue weighted by Crippen LogP contribution is 2.25. The second kappa shape index (κ2) is 8.15. The second-order valence-electron chi connectivity index (χ2n) is 5.98. The van der Waals surface area contributed by atoms with Crippen LogP contribution in [0.1, 0.15) is 31.2 Å². The zero-order chi connectivity index (χ0) is 17.6. The Morgan fingerprint density at radius 1 is 1.24 bits per heavy atom. The summed E-state index contributed by atoms with van der Waals surface area (Å²) in [6.07, 6.45) is 4.18. The Labute approximate surface area is 150 Å². The lowest BCUT2D eigenvalue weighted by Crippen LogP contribution is -2.44. The van der Waals surface area contributed by atoms with Gasteiger partial charge in [-0.3, -0.25) is 10.1 Å². The molecule has 1 heterocycles. The molecule has 8 heteroatoms. The molecule has 132 valence electrons. The van der Waals surface area contributed by atoms with Crippen molar-refractivity contribution in [2.24, 2.45) is 0 Å². The quantitative estimate of drug-likeness (QED) is 0.796. The molecule has 1 aliphatic carbocycles. The summed E-state index contributed by atoms with van der Waals surface area (Å²) < 4.78 is 5.57. The van der Waals surface area contributed by atoms with E-state index in [0.717, 1.165) is 48.6 Å². The molecule has 0 unspecified atom stereocenters. The summed E-state index contributed by atoms with van der Waals surface area (Å²) >= 11 is 1.10. The first kappa shape index (κ1) is 17.5. The molecule has 1 aromatic heterocycles. The Balaban J connectivity index is 1.48. The van der Waals surface area contributed by atoms with Crippen LogP contribution in [-0.2, 0) is 4.79 Å². The first-order valence-corrected chi connectivity index (χ1v) is 9.23. The summed E-state index contributed by atoms with van der Waals surface area (Å²) in [7, 11) is 0. The summed E-state index contributed by atoms with van der Waals surface area (Å²) in [5.41, 5.74) is 1.89. The van der Waals surface area contributed by atoms with Gasteiger partial charge in [0.25, 0.3) is 5.22 Å². The van der Waals surface area contributed by atoms with Crippen molar-refractivity contribution in [3.8, 4) is 11.5 Å². The van der Waals surface area contributed by atoms with Crippen LogP contribution >= 0.6 is 11.8 Å². The van der Waals surface area contributed by atoms with Crippen molar-refractivity contribution < 1.29 is 14.0 Å². The number of nitrogens with zero attached hydrogens (tertiary/aromatic N) is 2. The van der Waals surface area contributed by atoms with E-state index in [1.54, 1.807) is 0 Å². The minimum Gasteiger partial charge on any atom is -0.411 e. The van der Waals surface area contributed by atoms with Crippen LogP contribution in [-0.4, -0.2) is 33.9 Å². The number of hydrogen-bond acceptors (Lipinski definition) is 6. The standard InChI is InChI=1S/C17H20N4O3S/c1-11-6-2-5-9-13(11)15-20-21-17(24-15)25-10-14(22)19-16(23)18-12-7-3-4-8-12/h2,5-6,9,12H,3-4,7-8,10H2,1H3,(H2,18,19,22,23). The lowest BCUT2D eigenvalue weighted by molar-refractivity contribution is -0.117. The molecule has 1 fully saturated rings. The van der Waals surface area contributed by atoms with Gasteiger partial charge in [-0.25, -0.2) is 4.79 Å². The summed E-state index contributed by atoms with van der Waals surface area (Å²) in [6, 6.07) is 7.43. The average molecular weight is 360 g/mol. The molecule has 7 nitrogen and oxygen atoms in total. The van der Waals surface area contributed by atoms with Gasteiger partial charge < -0.3 is 9.73 Å². The molecule has 2 aromatic rings. The predicted molar refractivity (Wildman–Crippen MR) is 94.1 cm³/mol. The fraction of sp³-hybridized carbons (Fsp3) is 0.412. The third kappa shape index (κ3) is 4.82. The molecule has 1 saturated carbocycles. The third-order valence-electron chi connectivity index (χ3n) is 4.05. The smallest absolute Gasteiger partial charge is 0.321 e. The Kier molecular flexibility index (Phi) is 5.70. The minimum absolute atomic E-state index is 0.0352. The molecule has 0 saturated heterocycles. The maximum atomic E-state index is 11.8. The number of imide groups is 1. The maximum Gasteiger partial charge on any atom is 0.321 e. The summed E-state index contributed by atoms with van der Waals surface area (Å²) in [6.45, 7) is 1.96. The SMILES string of the molecule is Cc1ccccc1-c1nnc(SCC(=O)NC(=O)NC2CCCC2)o1. The van der Waals surface area contributed by atoms with E-state index in [-0.39, 0.29) is 11.8 Å². The summed E-state index contributed by atoms with van der Waals surface area (Å²) in [5, 5.41) is 13.4. The highest BCUT2D eigenvalue weighted by Gasteiger charge is 2.18. The van der Waals surface area contributed by atoms with Gasteiger partial charge in [-0.15, -0.1) is 10.2 Å². The van der Waals surface area contributed by atoms with Crippen molar-refractivity contribution in [1.82, 2.24) is 20.8 Å². The Bertz CT molecular complexity index is 756. The van der Waals surface area contributed by atoms with E-state index < -0.39 is 11.9 Å². The number of amides is 3. The van der Waals surface area contributed by atoms with Crippen LogP contribution in [0.5, 0.6) is 0 Å². The van der Waals surface area contributed by atoms with Crippen molar-refractivity contribution in [3.05, 3.63) is 29.8 Å². The van der Waals surface area contributed by atoms with Gasteiger partial charge in [0, 0.05) is 11.6 Å². The van der Waals surface area contributed by atoms with E-state index in [9.17, 15) is 9.59 Å². The number of hydrogen-bond donors (Lipinski definition) is 2. The molecule has 0 atom stereocenters. The third-order valence-corrected chi connectivity index (χ3v) is 4.87. The molecular weight excluding hydrogens is 340 g/mol. The molecule has 25 heavy (non-hydrogen) atoms. The fourth-order valence-corrected chi connectivity index (χ4v) is 3.33. The summed E-state index contributed by atoms with van der Waals surface area (Å²) in [4.78, 5) is 23.6. The molecule has 0 aliphatic heterocycles. The van der Waals surface area contributed by atoms with Crippen LogP contribution in [0.15, 0.2) is 33.9 Å². The lowest BCUT2D eigenvalue weighted by atomic mass is 10.1. The van der Waals surface area contributed by atoms with Crippen molar-refractivity contribution in [2.45, 2.75) is 43.9 Å². The first-order valence-electron chi connectivity index (χ1n) is 8.24. The van der Waals surface area contributed by atoms with Gasteiger partial charge >= 0.3 is 6.03 Å². The van der Waals surface area contributed by atoms with Crippen molar-refractivity contribution in [3.63, 3.8) is 0 Å². The largest absolute Gasteiger partial charge is 0.411 e. The van der Waals surface area contributed by atoms with E-state index in [2.05, 4.69) is 20.8 Å². The average Bonchev–Trinajstić information content (AvgIpc) is 3.25. The van der Waals surface area contributed by atoms with Gasteiger partial charge in [0.1, 0.15) is 0 Å². The van der Waals surface area contributed by atoms with Crippen molar-refractivity contribution in [2.75, 3.05) is 5.75 Å². The number of carbonyl (C=O) groups is 2.